The van der Waals surface area contributed by atoms with Gasteiger partial charge in [-0.1, -0.05) is 17.7 Å². The van der Waals surface area contributed by atoms with Gasteiger partial charge in [0.2, 0.25) is 0 Å². The van der Waals surface area contributed by atoms with E-state index < -0.39 is 21.2 Å². The van der Waals surface area contributed by atoms with Crippen molar-refractivity contribution in [1.29, 1.82) is 0 Å². The van der Waals surface area contributed by atoms with Gasteiger partial charge >= 0.3 is 0 Å². The molecule has 0 aromatic heterocycles. The van der Waals surface area contributed by atoms with Crippen molar-refractivity contribution in [1.82, 2.24) is 5.06 Å². The van der Waals surface area contributed by atoms with Gasteiger partial charge in [0.1, 0.15) is 0 Å². The van der Waals surface area contributed by atoms with E-state index in [0.29, 0.717) is 6.42 Å². The SMILES string of the molecule is Cc1ccc(S(=O)(=O)OCC2CC(C)(C)N(O)C2(C)C)cc1. The molecule has 0 spiro atoms. The number of aryl methyl sites for hydroxylation is 1. The van der Waals surface area contributed by atoms with E-state index in [1.807, 2.05) is 34.6 Å². The molecule has 0 aliphatic carbocycles. The predicted molar refractivity (Wildman–Crippen MR) is 84.2 cm³/mol. The van der Waals surface area contributed by atoms with E-state index in [-0.39, 0.29) is 17.4 Å². The summed E-state index contributed by atoms with van der Waals surface area (Å²) in [7, 11) is -3.77. The summed E-state index contributed by atoms with van der Waals surface area (Å²) >= 11 is 0. The number of rotatable bonds is 4. The van der Waals surface area contributed by atoms with Crippen LogP contribution in [0.2, 0.25) is 0 Å². The van der Waals surface area contributed by atoms with E-state index in [2.05, 4.69) is 0 Å². The molecule has 1 aliphatic rings. The Morgan fingerprint density at radius 3 is 2.23 bits per heavy atom. The zero-order valence-corrected chi connectivity index (χ0v) is 14.6. The Bertz CT molecular complexity index is 635. The lowest BCUT2D eigenvalue weighted by Gasteiger charge is -2.35. The second-order valence-corrected chi connectivity index (χ2v) is 8.85. The summed E-state index contributed by atoms with van der Waals surface area (Å²) in [6, 6.07) is 6.59. The molecule has 22 heavy (non-hydrogen) atoms. The maximum Gasteiger partial charge on any atom is 0.296 e. The second kappa shape index (κ2) is 5.60. The molecular weight excluding hydrogens is 302 g/mol. The Balaban J connectivity index is 2.11. The molecule has 1 atom stereocenters. The minimum Gasteiger partial charge on any atom is -0.313 e. The van der Waals surface area contributed by atoms with Gasteiger partial charge in [-0.3, -0.25) is 4.18 Å². The van der Waals surface area contributed by atoms with Crippen molar-refractivity contribution in [2.75, 3.05) is 6.61 Å². The maximum absolute atomic E-state index is 12.3. The fourth-order valence-electron chi connectivity index (χ4n) is 3.10. The highest BCUT2D eigenvalue weighted by Crippen LogP contribution is 2.43. The van der Waals surface area contributed by atoms with Crippen molar-refractivity contribution in [2.24, 2.45) is 5.92 Å². The third kappa shape index (κ3) is 3.20. The number of benzene rings is 1. The summed E-state index contributed by atoms with van der Waals surface area (Å²) in [5.74, 6) is -0.0762. The standard InChI is InChI=1S/C16H25NO4S/c1-12-6-8-14(9-7-12)22(19,20)21-11-13-10-15(2,3)17(18)16(13,4)5/h6-9,13,18H,10-11H2,1-5H3. The van der Waals surface area contributed by atoms with Gasteiger partial charge in [-0.05, 0) is 53.2 Å². The summed E-state index contributed by atoms with van der Waals surface area (Å²) in [5, 5.41) is 11.6. The molecule has 1 unspecified atom stereocenters. The molecule has 0 amide bonds. The first kappa shape index (κ1) is 17.4. The first-order chi connectivity index (χ1) is 9.97. The third-order valence-electron chi connectivity index (χ3n) is 4.60. The van der Waals surface area contributed by atoms with Crippen LogP contribution in [0, 0.1) is 12.8 Å². The molecular formula is C16H25NO4S. The molecule has 1 heterocycles. The topological polar surface area (TPSA) is 66.8 Å². The van der Waals surface area contributed by atoms with Crippen LogP contribution in [0.4, 0.5) is 0 Å². The van der Waals surface area contributed by atoms with Crippen molar-refractivity contribution in [3.05, 3.63) is 29.8 Å². The predicted octanol–water partition coefficient (Wildman–Crippen LogP) is 2.97. The maximum atomic E-state index is 12.3. The monoisotopic (exact) mass is 327 g/mol. The van der Waals surface area contributed by atoms with Crippen LogP contribution in [0.5, 0.6) is 0 Å². The van der Waals surface area contributed by atoms with Gasteiger partial charge in [-0.15, -0.1) is 0 Å². The van der Waals surface area contributed by atoms with E-state index in [4.69, 9.17) is 4.18 Å². The highest BCUT2D eigenvalue weighted by Gasteiger charge is 2.51. The number of hydroxylamine groups is 2. The Labute approximate surface area is 133 Å². The summed E-state index contributed by atoms with van der Waals surface area (Å²) in [5.41, 5.74) is 0.0609. The van der Waals surface area contributed by atoms with Crippen LogP contribution >= 0.6 is 0 Å². The summed E-state index contributed by atoms with van der Waals surface area (Å²) < 4.78 is 29.8. The van der Waals surface area contributed by atoms with Crippen molar-refractivity contribution in [3.8, 4) is 0 Å². The zero-order valence-electron chi connectivity index (χ0n) is 13.8. The minimum atomic E-state index is -3.77. The van der Waals surface area contributed by atoms with Gasteiger partial charge in [0, 0.05) is 17.0 Å². The smallest absolute Gasteiger partial charge is 0.296 e. The first-order valence-corrected chi connectivity index (χ1v) is 8.83. The van der Waals surface area contributed by atoms with E-state index in [1.165, 1.54) is 5.06 Å². The average Bonchev–Trinajstić information content (AvgIpc) is 2.57. The van der Waals surface area contributed by atoms with Crippen LogP contribution in [-0.2, 0) is 14.3 Å². The summed E-state index contributed by atoms with van der Waals surface area (Å²) in [4.78, 5) is 0.161. The molecule has 0 radical (unpaired) electrons. The van der Waals surface area contributed by atoms with E-state index >= 15 is 0 Å². The van der Waals surface area contributed by atoms with Gasteiger partial charge in [0.05, 0.1) is 11.5 Å². The van der Waals surface area contributed by atoms with Crippen LogP contribution < -0.4 is 0 Å². The van der Waals surface area contributed by atoms with Crippen LogP contribution in [0.25, 0.3) is 0 Å². The molecule has 1 N–H and O–H groups in total. The fraction of sp³-hybridized carbons (Fsp3) is 0.625. The zero-order chi connectivity index (χ0) is 16.8. The van der Waals surface area contributed by atoms with Crippen molar-refractivity contribution < 1.29 is 17.8 Å². The highest BCUT2D eigenvalue weighted by atomic mass is 32.2. The van der Waals surface area contributed by atoms with Crippen LogP contribution in [0.15, 0.2) is 29.2 Å². The van der Waals surface area contributed by atoms with Gasteiger partial charge < -0.3 is 5.21 Å². The molecule has 124 valence electrons. The minimum absolute atomic E-state index is 0.0592. The quantitative estimate of drug-likeness (QED) is 0.861. The number of hydrogen-bond donors (Lipinski definition) is 1. The Morgan fingerprint density at radius 2 is 1.77 bits per heavy atom. The lowest BCUT2D eigenvalue weighted by Crippen LogP contribution is -2.47. The molecule has 1 aromatic carbocycles. The first-order valence-electron chi connectivity index (χ1n) is 7.42. The van der Waals surface area contributed by atoms with E-state index in [9.17, 15) is 13.6 Å². The third-order valence-corrected chi connectivity index (χ3v) is 5.89. The van der Waals surface area contributed by atoms with Gasteiger partial charge in [-0.25, -0.2) is 0 Å². The van der Waals surface area contributed by atoms with E-state index in [1.54, 1.807) is 24.3 Å². The normalized spacial score (nSPS) is 24.5. The molecule has 1 fully saturated rings. The average molecular weight is 327 g/mol. The van der Waals surface area contributed by atoms with Gasteiger partial charge in [-0.2, -0.15) is 13.5 Å². The highest BCUT2D eigenvalue weighted by molar-refractivity contribution is 7.86. The Kier molecular flexibility index (Phi) is 4.43. The number of nitrogens with zero attached hydrogens (tertiary/aromatic N) is 1. The summed E-state index contributed by atoms with van der Waals surface area (Å²) in [6.45, 7) is 9.62. The molecule has 0 bridgehead atoms. The molecule has 5 nitrogen and oxygen atoms in total. The van der Waals surface area contributed by atoms with Crippen molar-refractivity contribution >= 4 is 10.1 Å². The largest absolute Gasteiger partial charge is 0.313 e. The van der Waals surface area contributed by atoms with Gasteiger partial charge in [0.25, 0.3) is 10.1 Å². The second-order valence-electron chi connectivity index (χ2n) is 7.23. The number of hydrogen-bond acceptors (Lipinski definition) is 5. The van der Waals surface area contributed by atoms with E-state index in [0.717, 1.165) is 5.56 Å². The van der Waals surface area contributed by atoms with Gasteiger partial charge in [0.15, 0.2) is 0 Å². The molecule has 1 saturated heterocycles. The lowest BCUT2D eigenvalue weighted by atomic mass is 9.88. The molecule has 1 aromatic rings. The molecule has 2 rings (SSSR count). The molecule has 0 saturated carbocycles. The van der Waals surface area contributed by atoms with Crippen molar-refractivity contribution in [2.45, 2.75) is 57.0 Å². The Morgan fingerprint density at radius 1 is 1.23 bits per heavy atom. The van der Waals surface area contributed by atoms with Crippen LogP contribution in [0.3, 0.4) is 0 Å². The Hall–Kier alpha value is -0.950. The molecule has 6 heteroatoms. The molecule has 1 aliphatic heterocycles. The summed E-state index contributed by atoms with van der Waals surface area (Å²) in [6.07, 6.45) is 0.667. The van der Waals surface area contributed by atoms with Crippen LogP contribution in [0.1, 0.15) is 39.7 Å². The van der Waals surface area contributed by atoms with Crippen molar-refractivity contribution in [3.63, 3.8) is 0 Å². The lowest BCUT2D eigenvalue weighted by molar-refractivity contribution is -0.197. The fourth-order valence-corrected chi connectivity index (χ4v) is 4.05. The van der Waals surface area contributed by atoms with Crippen LogP contribution in [-0.4, -0.2) is 36.4 Å².